The summed E-state index contributed by atoms with van der Waals surface area (Å²) in [7, 11) is 0. The van der Waals surface area contributed by atoms with Gasteiger partial charge in [0, 0.05) is 12.1 Å². The lowest BCUT2D eigenvalue weighted by Crippen LogP contribution is -2.44. The summed E-state index contributed by atoms with van der Waals surface area (Å²) in [4.78, 5) is 36.5. The quantitative estimate of drug-likeness (QED) is 0.385. The Balaban J connectivity index is 1.40. The van der Waals surface area contributed by atoms with Crippen molar-refractivity contribution in [2.75, 3.05) is 5.32 Å². The third-order valence-corrected chi connectivity index (χ3v) is 5.56. The molecular weight excluding hydrogens is 418 g/mol. The molecule has 0 radical (unpaired) electrons. The lowest BCUT2D eigenvalue weighted by atomic mass is 10.1. The molecule has 0 aliphatic heterocycles. The fraction of sp³-hybridized carbons (Fsp3) is 0.192. The molecule has 0 bridgehead atoms. The van der Waals surface area contributed by atoms with Crippen molar-refractivity contribution in [3.05, 3.63) is 89.5 Å². The number of hydrogen-bond acceptors (Lipinski definition) is 4. The minimum Gasteiger partial charge on any atom is -0.445 e. The predicted octanol–water partition coefficient (Wildman–Crippen LogP) is 3.76. The zero-order valence-electron chi connectivity index (χ0n) is 18.0. The standard InChI is InChI=1S/C26H25N3O4/c27-24(30)13-12-23(29-26(32)33-16-17-6-2-1-3-7-17)25(31)28-20-10-11-22-19(15-20)14-18-8-4-5-9-21(18)22/h1-11,15,23H,12-14,16H2,(H2,27,30)(H,28,31)(H,29,32)/t23-/m0/s1. The van der Waals surface area contributed by atoms with E-state index in [0.717, 1.165) is 23.1 Å². The lowest BCUT2D eigenvalue weighted by Gasteiger charge is -2.18. The molecule has 33 heavy (non-hydrogen) atoms. The Bertz CT molecular complexity index is 1180. The van der Waals surface area contributed by atoms with Gasteiger partial charge in [-0.05, 0) is 52.8 Å². The first-order chi connectivity index (χ1) is 16.0. The summed E-state index contributed by atoms with van der Waals surface area (Å²) in [5.74, 6) is -0.995. The van der Waals surface area contributed by atoms with Gasteiger partial charge in [-0.15, -0.1) is 0 Å². The number of carbonyl (C=O) groups is 3. The molecule has 1 atom stereocenters. The molecular formula is C26H25N3O4. The predicted molar refractivity (Wildman–Crippen MR) is 125 cm³/mol. The van der Waals surface area contributed by atoms with E-state index in [0.29, 0.717) is 5.69 Å². The van der Waals surface area contributed by atoms with E-state index in [1.54, 1.807) is 0 Å². The highest BCUT2D eigenvalue weighted by Crippen LogP contribution is 2.37. The van der Waals surface area contributed by atoms with Crippen LogP contribution in [0.15, 0.2) is 72.8 Å². The van der Waals surface area contributed by atoms with Gasteiger partial charge in [0.1, 0.15) is 12.6 Å². The third kappa shape index (κ3) is 5.57. The molecule has 0 unspecified atom stereocenters. The van der Waals surface area contributed by atoms with Gasteiger partial charge in [0.15, 0.2) is 0 Å². The number of ether oxygens (including phenoxy) is 1. The van der Waals surface area contributed by atoms with Crippen molar-refractivity contribution in [1.82, 2.24) is 5.32 Å². The fourth-order valence-corrected chi connectivity index (χ4v) is 3.91. The van der Waals surface area contributed by atoms with Crippen LogP contribution in [0.4, 0.5) is 10.5 Å². The Morgan fingerprint density at radius 1 is 0.909 bits per heavy atom. The largest absolute Gasteiger partial charge is 0.445 e. The van der Waals surface area contributed by atoms with E-state index >= 15 is 0 Å². The molecule has 3 aromatic rings. The van der Waals surface area contributed by atoms with Crippen LogP contribution in [-0.4, -0.2) is 23.9 Å². The monoisotopic (exact) mass is 443 g/mol. The maximum atomic E-state index is 12.9. The average Bonchev–Trinajstić information content (AvgIpc) is 3.18. The van der Waals surface area contributed by atoms with Crippen molar-refractivity contribution in [1.29, 1.82) is 0 Å². The van der Waals surface area contributed by atoms with Crippen LogP contribution in [0.1, 0.15) is 29.5 Å². The molecule has 168 valence electrons. The number of amides is 3. The number of primary amides is 1. The first-order valence-electron chi connectivity index (χ1n) is 10.8. The van der Waals surface area contributed by atoms with Crippen LogP contribution >= 0.6 is 0 Å². The number of fused-ring (bicyclic) bond motifs is 3. The molecule has 0 saturated carbocycles. The van der Waals surface area contributed by atoms with Crippen molar-refractivity contribution in [3.63, 3.8) is 0 Å². The molecule has 4 rings (SSSR count). The first-order valence-corrected chi connectivity index (χ1v) is 10.8. The molecule has 0 fully saturated rings. The van der Waals surface area contributed by atoms with E-state index < -0.39 is 23.9 Å². The highest BCUT2D eigenvalue weighted by Gasteiger charge is 2.24. The van der Waals surface area contributed by atoms with E-state index in [2.05, 4.69) is 22.8 Å². The topological polar surface area (TPSA) is 111 Å². The number of rotatable bonds is 8. The highest BCUT2D eigenvalue weighted by molar-refractivity contribution is 5.97. The summed E-state index contributed by atoms with van der Waals surface area (Å²) in [6.07, 6.45) is 0.0757. The Morgan fingerprint density at radius 2 is 1.64 bits per heavy atom. The molecule has 0 spiro atoms. The molecule has 7 heteroatoms. The van der Waals surface area contributed by atoms with Crippen molar-refractivity contribution in [2.45, 2.75) is 31.9 Å². The highest BCUT2D eigenvalue weighted by atomic mass is 16.5. The summed E-state index contributed by atoms with van der Waals surface area (Å²) < 4.78 is 5.22. The fourth-order valence-electron chi connectivity index (χ4n) is 3.91. The van der Waals surface area contributed by atoms with Crippen LogP contribution in [0.2, 0.25) is 0 Å². The number of benzene rings is 3. The number of hydrogen-bond donors (Lipinski definition) is 3. The normalized spacial score (nSPS) is 12.2. The summed E-state index contributed by atoms with van der Waals surface area (Å²) in [5, 5.41) is 5.39. The second kappa shape index (κ2) is 9.99. The number of carbonyl (C=O) groups excluding carboxylic acids is 3. The van der Waals surface area contributed by atoms with E-state index in [1.165, 1.54) is 11.1 Å². The SMILES string of the molecule is NC(=O)CC[C@H](NC(=O)OCc1ccccc1)C(=O)Nc1ccc2c(c1)Cc1ccccc1-2. The van der Waals surface area contributed by atoms with Crippen LogP contribution in [-0.2, 0) is 27.4 Å². The van der Waals surface area contributed by atoms with Crippen LogP contribution in [0.25, 0.3) is 11.1 Å². The van der Waals surface area contributed by atoms with Crippen molar-refractivity contribution in [2.24, 2.45) is 5.73 Å². The molecule has 7 nitrogen and oxygen atoms in total. The van der Waals surface area contributed by atoms with Crippen LogP contribution in [0.5, 0.6) is 0 Å². The zero-order valence-corrected chi connectivity index (χ0v) is 18.0. The first kappa shape index (κ1) is 22.1. The van der Waals surface area contributed by atoms with Crippen LogP contribution < -0.4 is 16.4 Å². The molecule has 3 aromatic carbocycles. The van der Waals surface area contributed by atoms with Gasteiger partial charge in [-0.3, -0.25) is 9.59 Å². The Kier molecular flexibility index (Phi) is 6.69. The van der Waals surface area contributed by atoms with Gasteiger partial charge in [0.25, 0.3) is 0 Å². The van der Waals surface area contributed by atoms with Crippen LogP contribution in [0, 0.1) is 0 Å². The minimum absolute atomic E-state index is 0.0451. The van der Waals surface area contributed by atoms with E-state index in [1.807, 2.05) is 60.7 Å². The van der Waals surface area contributed by atoms with Gasteiger partial charge >= 0.3 is 6.09 Å². The van der Waals surface area contributed by atoms with Gasteiger partial charge < -0.3 is 21.1 Å². The van der Waals surface area contributed by atoms with E-state index in [4.69, 9.17) is 10.5 Å². The maximum Gasteiger partial charge on any atom is 0.408 e. The molecule has 3 amide bonds. The van der Waals surface area contributed by atoms with Gasteiger partial charge in [-0.25, -0.2) is 4.79 Å². The number of nitrogens with two attached hydrogens (primary N) is 1. The van der Waals surface area contributed by atoms with Gasteiger partial charge in [0.2, 0.25) is 11.8 Å². The van der Waals surface area contributed by atoms with Crippen molar-refractivity contribution >= 4 is 23.6 Å². The number of anilines is 1. The number of nitrogens with one attached hydrogen (secondary N) is 2. The molecule has 1 aliphatic rings. The molecule has 4 N–H and O–H groups in total. The average molecular weight is 444 g/mol. The third-order valence-electron chi connectivity index (χ3n) is 5.56. The number of alkyl carbamates (subject to hydrolysis) is 1. The Morgan fingerprint density at radius 3 is 2.42 bits per heavy atom. The van der Waals surface area contributed by atoms with Gasteiger partial charge in [0.05, 0.1) is 0 Å². The molecule has 0 heterocycles. The summed E-state index contributed by atoms with van der Waals surface area (Å²) in [5.41, 5.74) is 11.4. The van der Waals surface area contributed by atoms with E-state index in [9.17, 15) is 14.4 Å². The van der Waals surface area contributed by atoms with Crippen LogP contribution in [0.3, 0.4) is 0 Å². The van der Waals surface area contributed by atoms with E-state index in [-0.39, 0.29) is 19.4 Å². The van der Waals surface area contributed by atoms with Crippen molar-refractivity contribution < 1.29 is 19.1 Å². The smallest absolute Gasteiger partial charge is 0.408 e. The Labute approximate surface area is 191 Å². The summed E-state index contributed by atoms with van der Waals surface area (Å²) in [6.45, 7) is 0.0716. The van der Waals surface area contributed by atoms with Gasteiger partial charge in [-0.2, -0.15) is 0 Å². The van der Waals surface area contributed by atoms with Crippen molar-refractivity contribution in [3.8, 4) is 11.1 Å². The zero-order chi connectivity index (χ0) is 23.2. The second-order valence-electron chi connectivity index (χ2n) is 7.96. The van der Waals surface area contributed by atoms with Gasteiger partial charge in [-0.1, -0.05) is 60.7 Å². The summed E-state index contributed by atoms with van der Waals surface area (Å²) in [6, 6.07) is 22.2. The minimum atomic E-state index is -0.966. The maximum absolute atomic E-state index is 12.9. The second-order valence-corrected chi connectivity index (χ2v) is 7.96. The molecule has 0 saturated heterocycles. The Hall–Kier alpha value is -4.13. The summed E-state index contributed by atoms with van der Waals surface area (Å²) >= 11 is 0. The molecule has 1 aliphatic carbocycles. The lowest BCUT2D eigenvalue weighted by molar-refractivity contribution is -0.119. The molecule has 0 aromatic heterocycles.